The van der Waals surface area contributed by atoms with E-state index in [2.05, 4.69) is 10.9 Å². The van der Waals surface area contributed by atoms with E-state index in [-0.39, 0.29) is 5.92 Å². The van der Waals surface area contributed by atoms with Crippen molar-refractivity contribution in [3.63, 3.8) is 0 Å². The maximum Gasteiger partial charge on any atom is 0.306 e. The fourth-order valence-electron chi connectivity index (χ4n) is 1.42. The summed E-state index contributed by atoms with van der Waals surface area (Å²) in [6.07, 6.45) is 0.578. The molecule has 3 N–H and O–H groups in total. The Hall–Kier alpha value is -1.39. The van der Waals surface area contributed by atoms with Gasteiger partial charge in [-0.05, 0) is 24.6 Å². The van der Waals surface area contributed by atoms with Crippen LogP contribution in [-0.4, -0.2) is 18.1 Å². The Morgan fingerprint density at radius 3 is 2.38 bits per heavy atom. The lowest BCUT2D eigenvalue weighted by molar-refractivity contribution is -0.141. The van der Waals surface area contributed by atoms with Crippen LogP contribution in [0.5, 0.6) is 0 Å². The molecule has 0 aromatic heterocycles. The Bertz CT molecular complexity index is 335. The molecule has 0 aliphatic heterocycles. The molecule has 1 atom stereocenters. The third kappa shape index (κ3) is 4.00. The fraction of sp³-hybridized carbons (Fsp3) is 0.417. The molecule has 0 saturated heterocycles. The van der Waals surface area contributed by atoms with Gasteiger partial charge in [0.2, 0.25) is 0 Å². The molecule has 0 amide bonds. The van der Waals surface area contributed by atoms with Gasteiger partial charge in [-0.3, -0.25) is 15.6 Å². The molecule has 1 aromatic rings. The zero-order valence-electron chi connectivity index (χ0n) is 9.66. The molecule has 0 heterocycles. The first-order valence-corrected chi connectivity index (χ1v) is 5.33. The molecule has 16 heavy (non-hydrogen) atoms. The molecule has 0 spiro atoms. The maximum atomic E-state index is 10.7. The van der Waals surface area contributed by atoms with Crippen LogP contribution in [0, 0.1) is 5.92 Å². The molecule has 1 aromatic carbocycles. The number of carboxylic acids is 1. The maximum absolute atomic E-state index is 10.7. The number of rotatable bonds is 6. The minimum absolute atomic E-state index is 0.332. The summed E-state index contributed by atoms with van der Waals surface area (Å²) >= 11 is 0. The van der Waals surface area contributed by atoms with Crippen molar-refractivity contribution < 1.29 is 9.90 Å². The highest BCUT2D eigenvalue weighted by Crippen LogP contribution is 2.10. The van der Waals surface area contributed by atoms with Crippen LogP contribution < -0.4 is 10.9 Å². The number of carbonyl (C=O) groups is 1. The van der Waals surface area contributed by atoms with Gasteiger partial charge in [0, 0.05) is 6.54 Å². The second-order valence-corrected chi connectivity index (χ2v) is 3.86. The molecule has 1 unspecified atom stereocenters. The standard InChI is InChI=1S/C12H18N2O2/c1-9(12(15)16)7-10-3-5-11(6-4-10)8-14-13-2/h3-6,9,13-14H,7-8H2,1-2H3,(H,15,16). The van der Waals surface area contributed by atoms with Gasteiger partial charge in [0.05, 0.1) is 5.92 Å². The van der Waals surface area contributed by atoms with E-state index < -0.39 is 5.97 Å². The Morgan fingerprint density at radius 2 is 1.88 bits per heavy atom. The van der Waals surface area contributed by atoms with Gasteiger partial charge < -0.3 is 5.11 Å². The lowest BCUT2D eigenvalue weighted by atomic mass is 10.0. The molecule has 0 aliphatic carbocycles. The van der Waals surface area contributed by atoms with E-state index in [0.29, 0.717) is 6.42 Å². The van der Waals surface area contributed by atoms with Crippen molar-refractivity contribution in [1.29, 1.82) is 0 Å². The van der Waals surface area contributed by atoms with E-state index in [1.807, 2.05) is 31.3 Å². The average molecular weight is 222 g/mol. The Balaban J connectivity index is 2.54. The van der Waals surface area contributed by atoms with Gasteiger partial charge in [0.15, 0.2) is 0 Å². The minimum Gasteiger partial charge on any atom is -0.481 e. The number of hydrogen-bond donors (Lipinski definition) is 3. The Morgan fingerprint density at radius 1 is 1.31 bits per heavy atom. The lowest BCUT2D eigenvalue weighted by Crippen LogP contribution is -2.26. The summed E-state index contributed by atoms with van der Waals surface area (Å²) in [5.74, 6) is -1.08. The molecule has 0 aliphatic rings. The SMILES string of the molecule is CNNCc1ccc(CC(C)C(=O)O)cc1. The first-order valence-electron chi connectivity index (χ1n) is 5.33. The van der Waals surface area contributed by atoms with Gasteiger partial charge in [-0.2, -0.15) is 0 Å². The number of nitrogens with one attached hydrogen (secondary N) is 2. The Kier molecular flexibility index (Phi) is 4.95. The number of carboxylic acid groups (broad SMARTS) is 1. The highest BCUT2D eigenvalue weighted by atomic mass is 16.4. The largest absolute Gasteiger partial charge is 0.481 e. The number of benzene rings is 1. The molecule has 4 nitrogen and oxygen atoms in total. The summed E-state index contributed by atoms with van der Waals surface area (Å²) in [6, 6.07) is 7.97. The van der Waals surface area contributed by atoms with Gasteiger partial charge in [-0.15, -0.1) is 0 Å². The van der Waals surface area contributed by atoms with Gasteiger partial charge in [0.25, 0.3) is 0 Å². The van der Waals surface area contributed by atoms with Crippen LogP contribution in [0.2, 0.25) is 0 Å². The molecular formula is C12H18N2O2. The summed E-state index contributed by atoms with van der Waals surface area (Å²) < 4.78 is 0. The molecule has 0 saturated carbocycles. The van der Waals surface area contributed by atoms with E-state index in [1.54, 1.807) is 6.92 Å². The predicted molar refractivity (Wildman–Crippen MR) is 62.8 cm³/mol. The first kappa shape index (κ1) is 12.7. The van der Waals surface area contributed by atoms with Crippen LogP contribution in [0.15, 0.2) is 24.3 Å². The quantitative estimate of drug-likeness (QED) is 0.632. The van der Waals surface area contributed by atoms with Crippen molar-refractivity contribution in [2.45, 2.75) is 19.9 Å². The second-order valence-electron chi connectivity index (χ2n) is 3.86. The van der Waals surface area contributed by atoms with Crippen LogP contribution in [0.1, 0.15) is 18.1 Å². The summed E-state index contributed by atoms with van der Waals surface area (Å²) in [4.78, 5) is 10.7. The molecule has 1 rings (SSSR count). The van der Waals surface area contributed by atoms with Crippen LogP contribution in [0.3, 0.4) is 0 Å². The monoisotopic (exact) mass is 222 g/mol. The zero-order valence-corrected chi connectivity index (χ0v) is 9.66. The highest BCUT2D eigenvalue weighted by Gasteiger charge is 2.10. The number of hydrogen-bond acceptors (Lipinski definition) is 3. The summed E-state index contributed by atoms with van der Waals surface area (Å²) in [7, 11) is 1.82. The van der Waals surface area contributed by atoms with Crippen molar-refractivity contribution in [3.05, 3.63) is 35.4 Å². The molecular weight excluding hydrogens is 204 g/mol. The van der Waals surface area contributed by atoms with Crippen LogP contribution in [0.25, 0.3) is 0 Å². The van der Waals surface area contributed by atoms with E-state index in [1.165, 1.54) is 5.56 Å². The van der Waals surface area contributed by atoms with Crippen LogP contribution in [-0.2, 0) is 17.8 Å². The lowest BCUT2D eigenvalue weighted by Gasteiger charge is -2.07. The highest BCUT2D eigenvalue weighted by molar-refractivity contribution is 5.69. The molecule has 4 heteroatoms. The smallest absolute Gasteiger partial charge is 0.306 e. The van der Waals surface area contributed by atoms with Gasteiger partial charge in [-0.1, -0.05) is 31.2 Å². The summed E-state index contributed by atoms with van der Waals surface area (Å²) in [5, 5.41) is 8.80. The summed E-state index contributed by atoms with van der Waals surface area (Å²) in [5.41, 5.74) is 8.08. The fourth-order valence-corrected chi connectivity index (χ4v) is 1.42. The minimum atomic E-state index is -0.749. The second kappa shape index (κ2) is 6.25. The van der Waals surface area contributed by atoms with Crippen molar-refractivity contribution >= 4 is 5.97 Å². The van der Waals surface area contributed by atoms with Gasteiger partial charge in [-0.25, -0.2) is 0 Å². The molecule has 0 bridgehead atoms. The van der Waals surface area contributed by atoms with Crippen LogP contribution in [0.4, 0.5) is 0 Å². The summed E-state index contributed by atoms with van der Waals surface area (Å²) in [6.45, 7) is 2.48. The van der Waals surface area contributed by atoms with Gasteiger partial charge >= 0.3 is 5.97 Å². The number of aliphatic carboxylic acids is 1. The van der Waals surface area contributed by atoms with E-state index in [0.717, 1.165) is 12.1 Å². The van der Waals surface area contributed by atoms with Crippen molar-refractivity contribution in [3.8, 4) is 0 Å². The van der Waals surface area contributed by atoms with Gasteiger partial charge in [0.1, 0.15) is 0 Å². The molecule has 88 valence electrons. The first-order chi connectivity index (χ1) is 7.63. The topological polar surface area (TPSA) is 61.4 Å². The number of hydrazine groups is 1. The Labute approximate surface area is 95.6 Å². The average Bonchev–Trinajstić information content (AvgIpc) is 2.28. The van der Waals surface area contributed by atoms with Crippen molar-refractivity contribution in [1.82, 2.24) is 10.9 Å². The van der Waals surface area contributed by atoms with E-state index in [9.17, 15) is 4.79 Å². The van der Waals surface area contributed by atoms with E-state index >= 15 is 0 Å². The van der Waals surface area contributed by atoms with E-state index in [4.69, 9.17) is 5.11 Å². The zero-order chi connectivity index (χ0) is 12.0. The van der Waals surface area contributed by atoms with Crippen LogP contribution >= 0.6 is 0 Å². The normalized spacial score (nSPS) is 12.4. The van der Waals surface area contributed by atoms with Crippen molar-refractivity contribution in [2.24, 2.45) is 5.92 Å². The third-order valence-electron chi connectivity index (χ3n) is 2.46. The molecule has 0 fully saturated rings. The predicted octanol–water partition coefficient (Wildman–Crippen LogP) is 1.17. The van der Waals surface area contributed by atoms with Crippen molar-refractivity contribution in [2.75, 3.05) is 7.05 Å². The molecule has 0 radical (unpaired) electrons. The third-order valence-corrected chi connectivity index (χ3v) is 2.46.